The van der Waals surface area contributed by atoms with E-state index >= 15 is 0 Å². The van der Waals surface area contributed by atoms with E-state index in [4.69, 9.17) is 10.5 Å². The topological polar surface area (TPSA) is 98.5 Å². The van der Waals surface area contributed by atoms with Gasteiger partial charge in [0.2, 0.25) is 5.91 Å². The van der Waals surface area contributed by atoms with Crippen LogP contribution in [-0.4, -0.2) is 32.9 Å². The molecule has 0 radical (unpaired) electrons. The molecular weight excluding hydrogens is 280 g/mol. The Bertz CT molecular complexity index is 613. The first-order chi connectivity index (χ1) is 9.41. The van der Waals surface area contributed by atoms with Gasteiger partial charge in [-0.25, -0.2) is 8.42 Å². The number of hydrogen-bond acceptors (Lipinski definition) is 5. The molecule has 1 fully saturated rings. The van der Waals surface area contributed by atoms with E-state index in [0.29, 0.717) is 17.9 Å². The van der Waals surface area contributed by atoms with Crippen LogP contribution in [0.2, 0.25) is 0 Å². The molecule has 0 saturated carbocycles. The lowest BCUT2D eigenvalue weighted by molar-refractivity contribution is -0.124. The third-order valence-corrected chi connectivity index (χ3v) is 5.13. The molecule has 2 rings (SSSR count). The average molecular weight is 298 g/mol. The average Bonchev–Trinajstić information content (AvgIpc) is 2.76. The van der Waals surface area contributed by atoms with E-state index in [1.54, 1.807) is 25.3 Å². The van der Waals surface area contributed by atoms with Crippen LogP contribution in [0.25, 0.3) is 0 Å². The molecule has 20 heavy (non-hydrogen) atoms. The normalized spacial score (nSPS) is 20.6. The molecule has 1 heterocycles. The number of benzene rings is 1. The molecular formula is C13H18N2O4S. The van der Waals surface area contributed by atoms with E-state index in [1.807, 2.05) is 0 Å². The molecule has 1 aliphatic heterocycles. The van der Waals surface area contributed by atoms with Crippen molar-refractivity contribution in [1.29, 1.82) is 0 Å². The number of anilines is 1. The number of carbonyl (C=O) groups is 1. The minimum Gasteiger partial charge on any atom is -0.496 e. The number of nitrogens with two attached hydrogens (primary N) is 1. The highest BCUT2D eigenvalue weighted by Crippen LogP contribution is 2.22. The lowest BCUT2D eigenvalue weighted by Gasteiger charge is -2.12. The van der Waals surface area contributed by atoms with Gasteiger partial charge < -0.3 is 15.8 Å². The Morgan fingerprint density at radius 2 is 2.25 bits per heavy atom. The Morgan fingerprint density at radius 1 is 1.50 bits per heavy atom. The second-order valence-electron chi connectivity index (χ2n) is 4.89. The molecule has 1 atom stereocenters. The second-order valence-corrected chi connectivity index (χ2v) is 7.12. The number of nitrogen functional groups attached to an aromatic ring is 1. The van der Waals surface area contributed by atoms with Crippen molar-refractivity contribution in [3.63, 3.8) is 0 Å². The predicted octanol–water partition coefficient (Wildman–Crippen LogP) is 0.328. The van der Waals surface area contributed by atoms with Gasteiger partial charge in [0.05, 0.1) is 24.5 Å². The van der Waals surface area contributed by atoms with Crippen LogP contribution in [0.15, 0.2) is 18.2 Å². The zero-order valence-electron chi connectivity index (χ0n) is 11.3. The lowest BCUT2D eigenvalue weighted by atomic mass is 10.1. The number of carbonyl (C=O) groups excluding carboxylic acids is 1. The molecule has 1 aromatic rings. The summed E-state index contributed by atoms with van der Waals surface area (Å²) >= 11 is 0. The van der Waals surface area contributed by atoms with Gasteiger partial charge >= 0.3 is 0 Å². The van der Waals surface area contributed by atoms with Crippen molar-refractivity contribution < 1.29 is 17.9 Å². The Kier molecular flexibility index (Phi) is 4.17. The Morgan fingerprint density at radius 3 is 2.85 bits per heavy atom. The number of hydrogen-bond donors (Lipinski definition) is 2. The molecule has 0 spiro atoms. The van der Waals surface area contributed by atoms with Crippen LogP contribution < -0.4 is 15.8 Å². The van der Waals surface area contributed by atoms with E-state index in [-0.39, 0.29) is 24.0 Å². The summed E-state index contributed by atoms with van der Waals surface area (Å²) in [6.45, 7) is 0.267. The minimum absolute atomic E-state index is 0.0626. The molecule has 0 aliphatic carbocycles. The maximum atomic E-state index is 11.9. The zero-order valence-corrected chi connectivity index (χ0v) is 12.1. The largest absolute Gasteiger partial charge is 0.496 e. The van der Waals surface area contributed by atoms with Gasteiger partial charge in [-0.15, -0.1) is 0 Å². The first-order valence-electron chi connectivity index (χ1n) is 6.32. The van der Waals surface area contributed by atoms with Gasteiger partial charge in [0.1, 0.15) is 5.75 Å². The standard InChI is InChI=1S/C13H18N2O4S/c1-19-12-3-2-11(14)6-10(12)7-15-13(16)9-4-5-20(17,18)8-9/h2-3,6,9H,4-5,7-8,14H2,1H3,(H,15,16). The molecule has 1 aromatic carbocycles. The van der Waals surface area contributed by atoms with Crippen LogP contribution in [-0.2, 0) is 21.2 Å². The summed E-state index contributed by atoms with van der Waals surface area (Å²) in [6, 6.07) is 5.18. The summed E-state index contributed by atoms with van der Waals surface area (Å²) in [4.78, 5) is 11.9. The molecule has 1 saturated heterocycles. The van der Waals surface area contributed by atoms with Crippen LogP contribution in [0.1, 0.15) is 12.0 Å². The fraction of sp³-hybridized carbons (Fsp3) is 0.462. The van der Waals surface area contributed by atoms with Crippen LogP contribution in [0, 0.1) is 5.92 Å². The van der Waals surface area contributed by atoms with E-state index in [0.717, 1.165) is 5.56 Å². The van der Waals surface area contributed by atoms with Crippen LogP contribution in [0.3, 0.4) is 0 Å². The number of sulfone groups is 1. The molecule has 0 bridgehead atoms. The summed E-state index contributed by atoms with van der Waals surface area (Å²) in [5, 5.41) is 2.74. The molecule has 3 N–H and O–H groups in total. The van der Waals surface area contributed by atoms with E-state index in [2.05, 4.69) is 5.32 Å². The van der Waals surface area contributed by atoms with E-state index in [9.17, 15) is 13.2 Å². The van der Waals surface area contributed by atoms with Gasteiger partial charge in [-0.05, 0) is 24.6 Å². The smallest absolute Gasteiger partial charge is 0.224 e. The summed E-state index contributed by atoms with van der Waals surface area (Å²) in [5.41, 5.74) is 7.05. The van der Waals surface area contributed by atoms with E-state index < -0.39 is 15.8 Å². The highest BCUT2D eigenvalue weighted by atomic mass is 32.2. The van der Waals surface area contributed by atoms with Crippen molar-refractivity contribution in [1.82, 2.24) is 5.32 Å². The molecule has 0 aromatic heterocycles. The number of ether oxygens (including phenoxy) is 1. The minimum atomic E-state index is -3.05. The third-order valence-electron chi connectivity index (χ3n) is 3.36. The van der Waals surface area contributed by atoms with Crippen LogP contribution >= 0.6 is 0 Å². The molecule has 110 valence electrons. The monoisotopic (exact) mass is 298 g/mol. The van der Waals surface area contributed by atoms with Crippen LogP contribution in [0.4, 0.5) is 5.69 Å². The van der Waals surface area contributed by atoms with Crippen LogP contribution in [0.5, 0.6) is 5.75 Å². The number of amides is 1. The van der Waals surface area contributed by atoms with Gasteiger partial charge in [0.25, 0.3) is 0 Å². The summed E-state index contributed by atoms with van der Waals surface area (Å²) in [7, 11) is -1.51. The third kappa shape index (κ3) is 3.41. The molecule has 7 heteroatoms. The number of nitrogens with one attached hydrogen (secondary N) is 1. The quantitative estimate of drug-likeness (QED) is 0.780. The fourth-order valence-electron chi connectivity index (χ4n) is 2.27. The maximum absolute atomic E-state index is 11.9. The van der Waals surface area contributed by atoms with Crippen molar-refractivity contribution >= 4 is 21.4 Å². The number of methoxy groups -OCH3 is 1. The molecule has 1 unspecified atom stereocenters. The highest BCUT2D eigenvalue weighted by Gasteiger charge is 2.32. The van der Waals surface area contributed by atoms with Crippen molar-refractivity contribution in [2.45, 2.75) is 13.0 Å². The summed E-state index contributed by atoms with van der Waals surface area (Å²) < 4.78 is 27.9. The molecule has 1 aliphatic rings. The lowest BCUT2D eigenvalue weighted by Crippen LogP contribution is -2.31. The van der Waals surface area contributed by atoms with Crippen molar-refractivity contribution in [2.24, 2.45) is 5.92 Å². The number of rotatable bonds is 4. The fourth-order valence-corrected chi connectivity index (χ4v) is 4.01. The zero-order chi connectivity index (χ0) is 14.8. The SMILES string of the molecule is COc1ccc(N)cc1CNC(=O)C1CCS(=O)(=O)C1. The maximum Gasteiger partial charge on any atom is 0.224 e. The van der Waals surface area contributed by atoms with E-state index in [1.165, 1.54) is 0 Å². The van der Waals surface area contributed by atoms with Gasteiger partial charge in [-0.2, -0.15) is 0 Å². The Labute approximate surface area is 118 Å². The molecule has 1 amide bonds. The first-order valence-corrected chi connectivity index (χ1v) is 8.14. The summed E-state index contributed by atoms with van der Waals surface area (Å²) in [5.74, 6) is -0.0271. The Balaban J connectivity index is 1.99. The van der Waals surface area contributed by atoms with Gasteiger partial charge in [0.15, 0.2) is 9.84 Å². The van der Waals surface area contributed by atoms with Crippen molar-refractivity contribution in [3.05, 3.63) is 23.8 Å². The van der Waals surface area contributed by atoms with Gasteiger partial charge in [0, 0.05) is 17.8 Å². The Hall–Kier alpha value is -1.76. The first kappa shape index (κ1) is 14.6. The molecule has 6 nitrogen and oxygen atoms in total. The highest BCUT2D eigenvalue weighted by molar-refractivity contribution is 7.91. The predicted molar refractivity (Wildman–Crippen MR) is 76.0 cm³/mol. The van der Waals surface area contributed by atoms with Crippen molar-refractivity contribution in [2.75, 3.05) is 24.3 Å². The van der Waals surface area contributed by atoms with Gasteiger partial charge in [-0.1, -0.05) is 0 Å². The van der Waals surface area contributed by atoms with Gasteiger partial charge in [-0.3, -0.25) is 4.79 Å². The summed E-state index contributed by atoms with van der Waals surface area (Å²) in [6.07, 6.45) is 0.391. The van der Waals surface area contributed by atoms with Crippen molar-refractivity contribution in [3.8, 4) is 5.75 Å². The second kappa shape index (κ2) is 5.70.